The largest absolute Gasteiger partial charge is 0.465 e. The molecule has 1 fully saturated rings. The first kappa shape index (κ1) is 15.1. The minimum atomic E-state index is -0.490. The first-order valence-corrected chi connectivity index (χ1v) is 6.62. The topological polar surface area (TPSA) is 93.9 Å². The van der Waals surface area contributed by atoms with Gasteiger partial charge in [0.05, 0.1) is 31.6 Å². The van der Waals surface area contributed by atoms with Crippen molar-refractivity contribution in [3.63, 3.8) is 0 Å². The number of rotatable bonds is 3. The number of nitrogen functional groups attached to an aromatic ring is 1. The van der Waals surface area contributed by atoms with Crippen LogP contribution in [0.25, 0.3) is 0 Å². The molecule has 0 aromatic heterocycles. The maximum Gasteiger partial charge on any atom is 0.340 e. The second kappa shape index (κ2) is 6.45. The summed E-state index contributed by atoms with van der Waals surface area (Å²) in [6.07, 6.45) is 0. The van der Waals surface area contributed by atoms with Crippen LogP contribution in [0.2, 0.25) is 0 Å². The number of benzene rings is 1. The predicted octanol–water partition coefficient (Wildman–Crippen LogP) is 0.00660. The Hall–Kier alpha value is -2.28. The van der Waals surface area contributed by atoms with Gasteiger partial charge in [0.25, 0.3) is 0 Å². The van der Waals surface area contributed by atoms with E-state index in [1.54, 1.807) is 25.2 Å². The standard InChI is InChI=1S/C14H19N3O4/c1-16-13(18)12-8-21-6-5-17(12)11-4-3-9(15)7-10(11)14(19)20-2/h3-4,7,12H,5-6,8,15H2,1-2H3,(H,16,18). The zero-order valence-corrected chi connectivity index (χ0v) is 12.1. The smallest absolute Gasteiger partial charge is 0.340 e. The molecule has 1 aromatic carbocycles. The lowest BCUT2D eigenvalue weighted by Gasteiger charge is -2.36. The highest BCUT2D eigenvalue weighted by molar-refractivity contribution is 5.98. The number of amides is 1. The summed E-state index contributed by atoms with van der Waals surface area (Å²) >= 11 is 0. The number of ether oxygens (including phenoxy) is 2. The molecule has 0 bridgehead atoms. The van der Waals surface area contributed by atoms with Gasteiger partial charge in [-0.2, -0.15) is 0 Å². The molecule has 1 heterocycles. The lowest BCUT2D eigenvalue weighted by molar-refractivity contribution is -0.124. The van der Waals surface area contributed by atoms with Crippen molar-refractivity contribution in [2.75, 3.05) is 44.5 Å². The molecule has 1 saturated heterocycles. The Balaban J connectivity index is 2.43. The average molecular weight is 293 g/mol. The molecule has 2 rings (SSSR count). The molecule has 1 aliphatic rings. The quantitative estimate of drug-likeness (QED) is 0.602. The summed E-state index contributed by atoms with van der Waals surface area (Å²) in [5, 5.41) is 2.61. The van der Waals surface area contributed by atoms with E-state index in [-0.39, 0.29) is 12.5 Å². The summed E-state index contributed by atoms with van der Waals surface area (Å²) in [5.74, 6) is -0.651. The Bertz CT molecular complexity index is 547. The van der Waals surface area contributed by atoms with Crippen LogP contribution in [0.4, 0.5) is 11.4 Å². The van der Waals surface area contributed by atoms with Gasteiger partial charge in [-0.05, 0) is 18.2 Å². The molecule has 0 saturated carbocycles. The van der Waals surface area contributed by atoms with Gasteiger partial charge in [-0.15, -0.1) is 0 Å². The number of nitrogens with zero attached hydrogens (tertiary/aromatic N) is 1. The van der Waals surface area contributed by atoms with Gasteiger partial charge in [-0.3, -0.25) is 4.79 Å². The van der Waals surface area contributed by atoms with Crippen molar-refractivity contribution in [1.82, 2.24) is 5.32 Å². The molecule has 1 atom stereocenters. The zero-order chi connectivity index (χ0) is 15.4. The molecule has 0 spiro atoms. The van der Waals surface area contributed by atoms with Crippen molar-refractivity contribution in [3.8, 4) is 0 Å². The number of hydrogen-bond donors (Lipinski definition) is 2. The van der Waals surface area contributed by atoms with Crippen LogP contribution < -0.4 is 16.0 Å². The molecule has 0 radical (unpaired) electrons. The van der Waals surface area contributed by atoms with E-state index in [1.165, 1.54) is 7.11 Å². The highest BCUT2D eigenvalue weighted by Crippen LogP contribution is 2.27. The molecule has 3 N–H and O–H groups in total. The zero-order valence-electron chi connectivity index (χ0n) is 12.1. The second-order valence-corrected chi connectivity index (χ2v) is 4.67. The van der Waals surface area contributed by atoms with Gasteiger partial charge in [0.15, 0.2) is 0 Å². The fourth-order valence-corrected chi connectivity index (χ4v) is 2.35. The Kier molecular flexibility index (Phi) is 4.64. The number of carbonyl (C=O) groups is 2. The Morgan fingerprint density at radius 2 is 2.24 bits per heavy atom. The van der Waals surface area contributed by atoms with Crippen LogP contribution >= 0.6 is 0 Å². The van der Waals surface area contributed by atoms with Crippen molar-refractivity contribution < 1.29 is 19.1 Å². The predicted molar refractivity (Wildman–Crippen MR) is 78.2 cm³/mol. The van der Waals surface area contributed by atoms with Gasteiger partial charge in [-0.1, -0.05) is 0 Å². The van der Waals surface area contributed by atoms with E-state index in [2.05, 4.69) is 5.32 Å². The highest BCUT2D eigenvalue weighted by atomic mass is 16.5. The number of hydrogen-bond acceptors (Lipinski definition) is 6. The van der Waals surface area contributed by atoms with E-state index in [1.807, 2.05) is 4.90 Å². The summed E-state index contributed by atoms with van der Waals surface area (Å²) in [7, 11) is 2.88. The molecular formula is C14H19N3O4. The lowest BCUT2D eigenvalue weighted by Crippen LogP contribution is -2.53. The minimum absolute atomic E-state index is 0.164. The highest BCUT2D eigenvalue weighted by Gasteiger charge is 2.31. The van der Waals surface area contributed by atoms with Crippen LogP contribution in [0, 0.1) is 0 Å². The van der Waals surface area contributed by atoms with Crippen LogP contribution in [0.1, 0.15) is 10.4 Å². The van der Waals surface area contributed by atoms with Crippen LogP contribution in [0.15, 0.2) is 18.2 Å². The molecule has 1 unspecified atom stereocenters. The number of methoxy groups -OCH3 is 1. The van der Waals surface area contributed by atoms with Crippen LogP contribution in [-0.4, -0.2) is 51.8 Å². The Labute approximate surface area is 123 Å². The molecule has 7 heteroatoms. The van der Waals surface area contributed by atoms with Gasteiger partial charge in [0.2, 0.25) is 5.91 Å². The number of likely N-dealkylation sites (N-methyl/N-ethyl adjacent to an activating group) is 1. The SMILES string of the molecule is CNC(=O)C1COCCN1c1ccc(N)cc1C(=O)OC. The third kappa shape index (κ3) is 3.08. The summed E-state index contributed by atoms with van der Waals surface area (Å²) in [6, 6.07) is 4.48. The van der Waals surface area contributed by atoms with Gasteiger partial charge >= 0.3 is 5.97 Å². The van der Waals surface area contributed by atoms with E-state index in [0.717, 1.165) is 0 Å². The Morgan fingerprint density at radius 3 is 2.90 bits per heavy atom. The van der Waals surface area contributed by atoms with Crippen LogP contribution in [-0.2, 0) is 14.3 Å². The molecule has 21 heavy (non-hydrogen) atoms. The lowest BCUT2D eigenvalue weighted by atomic mass is 10.1. The monoisotopic (exact) mass is 293 g/mol. The van der Waals surface area contributed by atoms with Gasteiger partial charge < -0.3 is 25.4 Å². The number of esters is 1. The molecule has 114 valence electrons. The van der Waals surface area contributed by atoms with E-state index in [4.69, 9.17) is 15.2 Å². The molecule has 1 aliphatic heterocycles. The van der Waals surface area contributed by atoms with Crippen LogP contribution in [0.5, 0.6) is 0 Å². The third-order valence-corrected chi connectivity index (χ3v) is 3.41. The number of nitrogens with one attached hydrogen (secondary N) is 1. The third-order valence-electron chi connectivity index (χ3n) is 3.41. The maximum atomic E-state index is 12.0. The summed E-state index contributed by atoms with van der Waals surface area (Å²) in [6.45, 7) is 1.26. The Morgan fingerprint density at radius 1 is 1.48 bits per heavy atom. The van der Waals surface area contributed by atoms with E-state index >= 15 is 0 Å². The second-order valence-electron chi connectivity index (χ2n) is 4.67. The van der Waals surface area contributed by atoms with E-state index < -0.39 is 12.0 Å². The summed E-state index contributed by atoms with van der Waals surface area (Å²) in [5.41, 5.74) is 7.16. The van der Waals surface area contributed by atoms with Crippen molar-refractivity contribution in [2.24, 2.45) is 0 Å². The number of morpholine rings is 1. The molecule has 0 aliphatic carbocycles. The van der Waals surface area contributed by atoms with Gasteiger partial charge in [-0.25, -0.2) is 4.79 Å². The van der Waals surface area contributed by atoms with E-state index in [9.17, 15) is 9.59 Å². The number of nitrogens with two attached hydrogens (primary N) is 1. The fraction of sp³-hybridized carbons (Fsp3) is 0.429. The van der Waals surface area contributed by atoms with Crippen molar-refractivity contribution in [1.29, 1.82) is 0 Å². The fourth-order valence-electron chi connectivity index (χ4n) is 2.35. The van der Waals surface area contributed by atoms with Crippen molar-refractivity contribution in [2.45, 2.75) is 6.04 Å². The maximum absolute atomic E-state index is 12.0. The minimum Gasteiger partial charge on any atom is -0.465 e. The molecular weight excluding hydrogens is 274 g/mol. The van der Waals surface area contributed by atoms with E-state index in [0.29, 0.717) is 30.1 Å². The van der Waals surface area contributed by atoms with Crippen molar-refractivity contribution >= 4 is 23.3 Å². The van der Waals surface area contributed by atoms with Gasteiger partial charge in [0, 0.05) is 19.3 Å². The molecule has 7 nitrogen and oxygen atoms in total. The van der Waals surface area contributed by atoms with Gasteiger partial charge in [0.1, 0.15) is 6.04 Å². The molecule has 1 amide bonds. The average Bonchev–Trinajstić information content (AvgIpc) is 2.53. The number of carbonyl (C=O) groups excluding carboxylic acids is 2. The van der Waals surface area contributed by atoms with Crippen molar-refractivity contribution in [3.05, 3.63) is 23.8 Å². The summed E-state index contributed by atoms with van der Waals surface area (Å²) < 4.78 is 10.2. The number of anilines is 2. The normalized spacial score (nSPS) is 18.2. The summed E-state index contributed by atoms with van der Waals surface area (Å²) in [4.78, 5) is 25.8. The molecule has 1 aromatic rings. The van der Waals surface area contributed by atoms with Crippen LogP contribution in [0.3, 0.4) is 0 Å². The first-order valence-electron chi connectivity index (χ1n) is 6.62. The first-order chi connectivity index (χ1) is 10.1.